The summed E-state index contributed by atoms with van der Waals surface area (Å²) in [7, 11) is 3.04. The molecule has 0 saturated heterocycles. The van der Waals surface area contributed by atoms with E-state index in [2.05, 4.69) is 0 Å². The number of rotatable bonds is 6. The number of nitrogens with zero attached hydrogens (tertiary/aromatic N) is 1. The van der Waals surface area contributed by atoms with Crippen LogP contribution in [0.5, 0.6) is 17.2 Å². The standard InChI is InChI=1S/C17H15NO4/c1-20-14-7-8-15(17(9-14)21-2)16(19)11-22-13-5-3-12(10-18)4-6-13/h3-9H,11H2,1-2H3. The molecule has 0 saturated carbocycles. The lowest BCUT2D eigenvalue weighted by Gasteiger charge is -2.10. The highest BCUT2D eigenvalue weighted by atomic mass is 16.5. The SMILES string of the molecule is COc1ccc(C(=O)COc2ccc(C#N)cc2)c(OC)c1. The van der Waals surface area contributed by atoms with Crippen molar-refractivity contribution in [3.8, 4) is 23.3 Å². The van der Waals surface area contributed by atoms with Gasteiger partial charge in [0.05, 0.1) is 31.4 Å². The number of benzene rings is 2. The summed E-state index contributed by atoms with van der Waals surface area (Å²) in [6, 6.07) is 13.6. The van der Waals surface area contributed by atoms with Crippen molar-refractivity contribution in [3.05, 3.63) is 53.6 Å². The number of ether oxygens (including phenoxy) is 3. The molecule has 0 aliphatic carbocycles. The summed E-state index contributed by atoms with van der Waals surface area (Å²) >= 11 is 0. The minimum atomic E-state index is -0.205. The van der Waals surface area contributed by atoms with Gasteiger partial charge >= 0.3 is 0 Å². The smallest absolute Gasteiger partial charge is 0.203 e. The maximum absolute atomic E-state index is 12.2. The Morgan fingerprint density at radius 3 is 2.32 bits per heavy atom. The third kappa shape index (κ3) is 3.55. The number of carbonyl (C=O) groups is 1. The molecule has 5 heteroatoms. The Balaban J connectivity index is 2.07. The zero-order valence-corrected chi connectivity index (χ0v) is 12.3. The second-order valence-electron chi connectivity index (χ2n) is 4.41. The highest BCUT2D eigenvalue weighted by Gasteiger charge is 2.14. The van der Waals surface area contributed by atoms with Crippen LogP contribution in [0.2, 0.25) is 0 Å². The second-order valence-corrected chi connectivity index (χ2v) is 4.41. The summed E-state index contributed by atoms with van der Waals surface area (Å²) in [5.74, 6) is 1.37. The fourth-order valence-electron chi connectivity index (χ4n) is 1.88. The van der Waals surface area contributed by atoms with E-state index in [1.807, 2.05) is 6.07 Å². The highest BCUT2D eigenvalue weighted by molar-refractivity contribution is 6.00. The lowest BCUT2D eigenvalue weighted by molar-refractivity contribution is 0.0918. The molecule has 0 spiro atoms. The molecule has 0 radical (unpaired) electrons. The zero-order valence-electron chi connectivity index (χ0n) is 12.3. The molecule has 112 valence electrons. The molecule has 2 aromatic carbocycles. The number of Topliss-reactive ketones (excluding diaryl/α,β-unsaturated/α-hetero) is 1. The molecule has 5 nitrogen and oxygen atoms in total. The van der Waals surface area contributed by atoms with E-state index < -0.39 is 0 Å². The molecule has 0 heterocycles. The topological polar surface area (TPSA) is 68.5 Å². The Morgan fingerprint density at radius 1 is 1.05 bits per heavy atom. The Kier molecular flexibility index (Phi) is 4.99. The summed E-state index contributed by atoms with van der Waals surface area (Å²) in [4.78, 5) is 12.2. The van der Waals surface area contributed by atoms with Crippen molar-refractivity contribution in [2.45, 2.75) is 0 Å². The molecule has 0 aliphatic rings. The fraction of sp³-hybridized carbons (Fsp3) is 0.176. The predicted octanol–water partition coefficient (Wildman–Crippen LogP) is 2.84. The van der Waals surface area contributed by atoms with E-state index in [-0.39, 0.29) is 12.4 Å². The number of ketones is 1. The van der Waals surface area contributed by atoms with Gasteiger partial charge in [0, 0.05) is 6.07 Å². The van der Waals surface area contributed by atoms with Gasteiger partial charge in [-0.3, -0.25) is 4.79 Å². The normalized spacial score (nSPS) is 9.68. The number of hydrogen-bond acceptors (Lipinski definition) is 5. The van der Waals surface area contributed by atoms with Crippen LogP contribution in [0.3, 0.4) is 0 Å². The van der Waals surface area contributed by atoms with E-state index in [1.165, 1.54) is 7.11 Å². The zero-order chi connectivity index (χ0) is 15.9. The van der Waals surface area contributed by atoms with Gasteiger partial charge in [0.15, 0.2) is 6.61 Å². The summed E-state index contributed by atoms with van der Waals surface area (Å²) in [6.45, 7) is -0.116. The van der Waals surface area contributed by atoms with Crippen molar-refractivity contribution in [1.29, 1.82) is 5.26 Å². The third-order valence-corrected chi connectivity index (χ3v) is 3.06. The Morgan fingerprint density at radius 2 is 1.73 bits per heavy atom. The number of carbonyl (C=O) groups excluding carboxylic acids is 1. The number of methoxy groups -OCH3 is 2. The molecule has 0 aliphatic heterocycles. The van der Waals surface area contributed by atoms with Gasteiger partial charge < -0.3 is 14.2 Å². The Hall–Kier alpha value is -3.00. The monoisotopic (exact) mass is 297 g/mol. The number of hydrogen-bond donors (Lipinski definition) is 0. The van der Waals surface area contributed by atoms with Crippen molar-refractivity contribution < 1.29 is 19.0 Å². The highest BCUT2D eigenvalue weighted by Crippen LogP contribution is 2.25. The van der Waals surface area contributed by atoms with Crippen LogP contribution in [0, 0.1) is 11.3 Å². The lowest BCUT2D eigenvalue weighted by Crippen LogP contribution is -2.12. The van der Waals surface area contributed by atoms with Crippen LogP contribution in [0.15, 0.2) is 42.5 Å². The molecule has 22 heavy (non-hydrogen) atoms. The molecule has 0 N–H and O–H groups in total. The average Bonchev–Trinajstić information content (AvgIpc) is 2.59. The Labute approximate surface area is 128 Å². The maximum atomic E-state index is 12.2. The number of nitriles is 1. The van der Waals surface area contributed by atoms with Crippen LogP contribution in [-0.2, 0) is 0 Å². The molecular weight excluding hydrogens is 282 g/mol. The van der Waals surface area contributed by atoms with Crippen LogP contribution >= 0.6 is 0 Å². The van der Waals surface area contributed by atoms with Crippen molar-refractivity contribution in [3.63, 3.8) is 0 Å². The maximum Gasteiger partial charge on any atom is 0.203 e. The van der Waals surface area contributed by atoms with Crippen LogP contribution in [0.25, 0.3) is 0 Å². The molecule has 0 aromatic heterocycles. The molecule has 0 fully saturated rings. The van der Waals surface area contributed by atoms with Gasteiger partial charge in [-0.1, -0.05) is 0 Å². The van der Waals surface area contributed by atoms with Crippen molar-refractivity contribution >= 4 is 5.78 Å². The van der Waals surface area contributed by atoms with E-state index in [0.29, 0.717) is 28.4 Å². The van der Waals surface area contributed by atoms with Gasteiger partial charge in [0.2, 0.25) is 5.78 Å². The van der Waals surface area contributed by atoms with E-state index in [1.54, 1.807) is 49.6 Å². The lowest BCUT2D eigenvalue weighted by atomic mass is 10.1. The van der Waals surface area contributed by atoms with Crippen LogP contribution in [0.4, 0.5) is 0 Å². The largest absolute Gasteiger partial charge is 0.497 e. The van der Waals surface area contributed by atoms with E-state index >= 15 is 0 Å². The molecule has 0 amide bonds. The van der Waals surface area contributed by atoms with E-state index in [9.17, 15) is 4.79 Å². The summed E-state index contributed by atoms with van der Waals surface area (Å²) in [5, 5.41) is 8.73. The molecule has 0 bridgehead atoms. The van der Waals surface area contributed by atoms with Gasteiger partial charge in [0.1, 0.15) is 17.2 Å². The van der Waals surface area contributed by atoms with Crippen LogP contribution < -0.4 is 14.2 Å². The van der Waals surface area contributed by atoms with Crippen molar-refractivity contribution in [2.75, 3.05) is 20.8 Å². The minimum absolute atomic E-state index is 0.116. The van der Waals surface area contributed by atoms with Gasteiger partial charge in [-0.15, -0.1) is 0 Å². The van der Waals surface area contributed by atoms with Gasteiger partial charge in [0.25, 0.3) is 0 Å². The first kappa shape index (κ1) is 15.4. The summed E-state index contributed by atoms with van der Waals surface area (Å²) in [5.41, 5.74) is 0.965. The molecule has 2 rings (SSSR count). The van der Waals surface area contributed by atoms with Crippen molar-refractivity contribution in [1.82, 2.24) is 0 Å². The first-order valence-corrected chi connectivity index (χ1v) is 6.56. The Bertz CT molecular complexity index is 702. The van der Waals surface area contributed by atoms with E-state index in [4.69, 9.17) is 19.5 Å². The summed E-state index contributed by atoms with van der Waals surface area (Å²) in [6.07, 6.45) is 0. The summed E-state index contributed by atoms with van der Waals surface area (Å²) < 4.78 is 15.7. The van der Waals surface area contributed by atoms with Crippen LogP contribution in [0.1, 0.15) is 15.9 Å². The fourth-order valence-corrected chi connectivity index (χ4v) is 1.88. The van der Waals surface area contributed by atoms with Gasteiger partial charge in [-0.2, -0.15) is 5.26 Å². The quantitative estimate of drug-likeness (QED) is 0.767. The average molecular weight is 297 g/mol. The molecular formula is C17H15NO4. The third-order valence-electron chi connectivity index (χ3n) is 3.06. The van der Waals surface area contributed by atoms with Gasteiger partial charge in [-0.25, -0.2) is 0 Å². The van der Waals surface area contributed by atoms with Crippen molar-refractivity contribution in [2.24, 2.45) is 0 Å². The first-order valence-electron chi connectivity index (χ1n) is 6.56. The minimum Gasteiger partial charge on any atom is -0.497 e. The second kappa shape index (κ2) is 7.14. The van der Waals surface area contributed by atoms with Gasteiger partial charge in [-0.05, 0) is 36.4 Å². The first-order chi connectivity index (χ1) is 10.7. The molecule has 0 atom stereocenters. The molecule has 2 aromatic rings. The molecule has 0 unspecified atom stereocenters. The van der Waals surface area contributed by atoms with E-state index in [0.717, 1.165) is 0 Å². The predicted molar refractivity (Wildman–Crippen MR) is 80.5 cm³/mol. The van der Waals surface area contributed by atoms with Crippen LogP contribution in [-0.4, -0.2) is 26.6 Å².